The Kier molecular flexibility index (Phi) is 7.39. The van der Waals surface area contributed by atoms with Gasteiger partial charge in [-0.3, -0.25) is 0 Å². The maximum atomic E-state index is 11.9. The van der Waals surface area contributed by atoms with Crippen molar-refractivity contribution < 1.29 is 9.53 Å². The van der Waals surface area contributed by atoms with E-state index in [2.05, 4.69) is 54.0 Å². The van der Waals surface area contributed by atoms with Gasteiger partial charge in [0, 0.05) is 12.1 Å². The van der Waals surface area contributed by atoms with E-state index >= 15 is 0 Å². The van der Waals surface area contributed by atoms with Crippen molar-refractivity contribution in [3.63, 3.8) is 0 Å². The number of carbonyl (C=O) groups is 1. The number of benzene rings is 1. The van der Waals surface area contributed by atoms with Crippen molar-refractivity contribution in [3.05, 3.63) is 41.5 Å². The summed E-state index contributed by atoms with van der Waals surface area (Å²) in [6.45, 7) is 9.07. The van der Waals surface area contributed by atoms with Crippen LogP contribution in [0.15, 0.2) is 35.9 Å². The third kappa shape index (κ3) is 7.18. The maximum Gasteiger partial charge on any atom is 0.407 e. The highest BCUT2D eigenvalue weighted by Gasteiger charge is 2.39. The fourth-order valence-electron chi connectivity index (χ4n) is 4.37. The first-order chi connectivity index (χ1) is 13.8. The summed E-state index contributed by atoms with van der Waals surface area (Å²) in [6, 6.07) is 11.6. The quantitative estimate of drug-likeness (QED) is 0.634. The lowest BCUT2D eigenvalue weighted by atomic mass is 9.86. The minimum absolute atomic E-state index is 0.260. The summed E-state index contributed by atoms with van der Waals surface area (Å²) in [5.41, 5.74) is 2.45. The highest BCUT2D eigenvalue weighted by atomic mass is 16.6. The van der Waals surface area contributed by atoms with Gasteiger partial charge < -0.3 is 15.4 Å². The van der Waals surface area contributed by atoms with Gasteiger partial charge in [-0.05, 0) is 83.2 Å². The predicted octanol–water partition coefficient (Wildman–Crippen LogP) is 5.54. The first-order valence-electron chi connectivity index (χ1n) is 11.3. The van der Waals surface area contributed by atoms with E-state index in [1.54, 1.807) is 5.57 Å². The molecule has 0 heterocycles. The Morgan fingerprint density at radius 3 is 2.45 bits per heavy atom. The van der Waals surface area contributed by atoms with Gasteiger partial charge in [0.1, 0.15) is 5.60 Å². The molecule has 2 saturated carbocycles. The molecule has 4 nitrogen and oxygen atoms in total. The van der Waals surface area contributed by atoms with Gasteiger partial charge in [-0.2, -0.15) is 0 Å². The molecule has 29 heavy (non-hydrogen) atoms. The van der Waals surface area contributed by atoms with Crippen LogP contribution in [0.1, 0.15) is 71.8 Å². The van der Waals surface area contributed by atoms with Crippen molar-refractivity contribution in [1.82, 2.24) is 10.6 Å². The molecule has 0 aliphatic heterocycles. The summed E-state index contributed by atoms with van der Waals surface area (Å²) in [6.07, 6.45) is 8.93. The second-order valence-corrected chi connectivity index (χ2v) is 9.70. The molecule has 0 aromatic heterocycles. The van der Waals surface area contributed by atoms with Crippen LogP contribution in [-0.4, -0.2) is 30.3 Å². The average molecular weight is 399 g/mol. The van der Waals surface area contributed by atoms with Gasteiger partial charge in [0.15, 0.2) is 0 Å². The minimum atomic E-state index is -0.432. The van der Waals surface area contributed by atoms with E-state index in [-0.39, 0.29) is 12.1 Å². The van der Waals surface area contributed by atoms with E-state index in [1.165, 1.54) is 24.8 Å². The molecule has 2 aliphatic carbocycles. The smallest absolute Gasteiger partial charge is 0.407 e. The lowest BCUT2D eigenvalue weighted by molar-refractivity contribution is 0.0487. The molecule has 0 radical (unpaired) electrons. The summed E-state index contributed by atoms with van der Waals surface area (Å²) in [4.78, 5) is 11.9. The van der Waals surface area contributed by atoms with Crippen molar-refractivity contribution >= 4 is 12.2 Å². The molecule has 3 rings (SSSR count). The number of hydrogen-bond donors (Lipinski definition) is 2. The largest absolute Gasteiger partial charge is 0.444 e. The monoisotopic (exact) mass is 398 g/mol. The molecule has 0 unspecified atom stereocenters. The van der Waals surface area contributed by atoms with E-state index in [4.69, 9.17) is 4.74 Å². The van der Waals surface area contributed by atoms with E-state index in [0.29, 0.717) is 12.0 Å². The zero-order valence-electron chi connectivity index (χ0n) is 18.5. The molecular weight excluding hydrogens is 360 g/mol. The first-order valence-corrected chi connectivity index (χ1v) is 11.3. The Morgan fingerprint density at radius 2 is 1.83 bits per heavy atom. The molecule has 0 saturated heterocycles. The van der Waals surface area contributed by atoms with E-state index in [9.17, 15) is 4.79 Å². The van der Waals surface area contributed by atoms with Crippen LogP contribution in [-0.2, 0) is 4.74 Å². The molecular formula is C25H38N2O2. The molecule has 1 aromatic rings. The van der Waals surface area contributed by atoms with Crippen LogP contribution < -0.4 is 10.6 Å². The molecule has 2 aliphatic rings. The van der Waals surface area contributed by atoms with Crippen LogP contribution >= 0.6 is 0 Å². The van der Waals surface area contributed by atoms with Crippen LogP contribution in [0.4, 0.5) is 4.79 Å². The summed E-state index contributed by atoms with van der Waals surface area (Å²) in [5.74, 6) is 1.42. The molecule has 4 heteroatoms. The van der Waals surface area contributed by atoms with Crippen LogP contribution in [0, 0.1) is 11.8 Å². The molecule has 2 fully saturated rings. The van der Waals surface area contributed by atoms with Crippen LogP contribution in [0.25, 0.3) is 6.08 Å². The zero-order valence-corrected chi connectivity index (χ0v) is 18.5. The second-order valence-electron chi connectivity index (χ2n) is 9.70. The Bertz CT molecular complexity index is 685. The molecule has 2 atom stereocenters. The number of hydrogen-bond acceptors (Lipinski definition) is 3. The van der Waals surface area contributed by atoms with Crippen molar-refractivity contribution in [1.29, 1.82) is 0 Å². The molecule has 0 spiro atoms. The SMILES string of the molecule is CC/C(=C\c1ccccc1)[C@@H]1C[C@H]1NC[C@H]1CC[C@H](NC(=O)OC(C)(C)C)CC1. The average Bonchev–Trinajstić information content (AvgIpc) is 3.44. The van der Waals surface area contributed by atoms with Crippen molar-refractivity contribution in [3.8, 4) is 0 Å². The highest BCUT2D eigenvalue weighted by Crippen LogP contribution is 2.40. The first kappa shape index (κ1) is 21.9. The molecule has 0 bridgehead atoms. The number of carbonyl (C=O) groups excluding carboxylic acids is 1. The van der Waals surface area contributed by atoms with Crippen molar-refractivity contribution in [2.75, 3.05) is 6.54 Å². The minimum Gasteiger partial charge on any atom is -0.444 e. The summed E-state index contributed by atoms with van der Waals surface area (Å²) in [5, 5.41) is 6.85. The van der Waals surface area contributed by atoms with Crippen molar-refractivity contribution in [2.24, 2.45) is 11.8 Å². The van der Waals surface area contributed by atoms with Gasteiger partial charge >= 0.3 is 6.09 Å². The molecule has 160 valence electrons. The molecule has 1 aromatic carbocycles. The van der Waals surface area contributed by atoms with Crippen molar-refractivity contribution in [2.45, 2.75) is 83.9 Å². The van der Waals surface area contributed by atoms with Gasteiger partial charge in [0.25, 0.3) is 0 Å². The Morgan fingerprint density at radius 1 is 1.14 bits per heavy atom. The lowest BCUT2D eigenvalue weighted by Gasteiger charge is -2.30. The fraction of sp³-hybridized carbons (Fsp3) is 0.640. The second kappa shape index (κ2) is 9.80. The zero-order chi connectivity index (χ0) is 20.9. The summed E-state index contributed by atoms with van der Waals surface area (Å²) in [7, 11) is 0. The predicted molar refractivity (Wildman–Crippen MR) is 120 cm³/mol. The summed E-state index contributed by atoms with van der Waals surface area (Å²) >= 11 is 0. The summed E-state index contributed by atoms with van der Waals surface area (Å²) < 4.78 is 5.37. The van der Waals surface area contributed by atoms with E-state index < -0.39 is 5.60 Å². The normalized spacial score (nSPS) is 27.4. The lowest BCUT2D eigenvalue weighted by Crippen LogP contribution is -2.41. The highest BCUT2D eigenvalue weighted by molar-refractivity contribution is 5.68. The Labute approximate surface area is 176 Å². The number of alkyl carbamates (subject to hydrolysis) is 1. The van der Waals surface area contributed by atoms with Gasteiger partial charge in [0.05, 0.1) is 0 Å². The van der Waals surface area contributed by atoms with Gasteiger partial charge in [-0.15, -0.1) is 0 Å². The van der Waals surface area contributed by atoms with Crippen LogP contribution in [0.3, 0.4) is 0 Å². The van der Waals surface area contributed by atoms with Gasteiger partial charge in [0.2, 0.25) is 0 Å². The topological polar surface area (TPSA) is 50.4 Å². The van der Waals surface area contributed by atoms with E-state index in [1.807, 2.05) is 20.8 Å². The number of ether oxygens (including phenoxy) is 1. The van der Waals surface area contributed by atoms with Gasteiger partial charge in [-0.25, -0.2) is 4.79 Å². The molecule has 1 amide bonds. The van der Waals surface area contributed by atoms with Crippen LogP contribution in [0.2, 0.25) is 0 Å². The number of amides is 1. The third-order valence-electron chi connectivity index (χ3n) is 6.06. The molecule has 2 N–H and O–H groups in total. The van der Waals surface area contributed by atoms with Crippen LogP contribution in [0.5, 0.6) is 0 Å². The maximum absolute atomic E-state index is 11.9. The Hall–Kier alpha value is -1.81. The third-order valence-corrected chi connectivity index (χ3v) is 6.06. The number of rotatable bonds is 7. The number of nitrogens with one attached hydrogen (secondary N) is 2. The fourth-order valence-corrected chi connectivity index (χ4v) is 4.37. The Balaban J connectivity index is 1.36. The van der Waals surface area contributed by atoms with Gasteiger partial charge in [-0.1, -0.05) is 48.9 Å². The standard InChI is InChI=1S/C25H38N2O2/c1-5-20(15-18-9-7-6-8-10-18)22-16-23(22)26-17-19-11-13-21(14-12-19)27-24(28)29-25(2,3)4/h6-10,15,19,21-23,26H,5,11-14,16-17H2,1-4H3,(H,27,28)/b20-15+/t19-,21-,22-,23+/m0/s1. The van der Waals surface area contributed by atoms with E-state index in [0.717, 1.165) is 31.7 Å².